The molecule has 7 nitrogen and oxygen atoms in total. The second kappa shape index (κ2) is 7.56. The summed E-state index contributed by atoms with van der Waals surface area (Å²) in [4.78, 5) is 11.0. The van der Waals surface area contributed by atoms with E-state index in [0.29, 0.717) is 17.2 Å². The molecule has 0 saturated carbocycles. The number of hydrogen-bond donors (Lipinski definition) is 1. The van der Waals surface area contributed by atoms with Gasteiger partial charge in [-0.05, 0) is 56.5 Å². The van der Waals surface area contributed by atoms with E-state index in [0.717, 1.165) is 41.8 Å². The van der Waals surface area contributed by atoms with Gasteiger partial charge in [0.25, 0.3) is 0 Å². The molecule has 1 unspecified atom stereocenters. The number of nitrogens with zero attached hydrogens (tertiary/aromatic N) is 5. The Morgan fingerprint density at radius 3 is 2.97 bits per heavy atom. The van der Waals surface area contributed by atoms with Crippen LogP contribution >= 0.6 is 0 Å². The zero-order valence-electron chi connectivity index (χ0n) is 17.6. The van der Waals surface area contributed by atoms with Crippen LogP contribution in [0.4, 0.5) is 0 Å². The number of H-pyrrole nitrogens is 1. The van der Waals surface area contributed by atoms with E-state index in [2.05, 4.69) is 58.1 Å². The lowest BCUT2D eigenvalue weighted by Gasteiger charge is -2.30. The van der Waals surface area contributed by atoms with Crippen molar-refractivity contribution in [1.29, 1.82) is 5.26 Å². The Bertz CT molecular complexity index is 1250. The van der Waals surface area contributed by atoms with Gasteiger partial charge in [0.05, 0.1) is 40.1 Å². The fourth-order valence-electron chi connectivity index (χ4n) is 4.45. The quantitative estimate of drug-likeness (QED) is 0.526. The standard InChI is InChI=1S/C24H24N6O/c1-24(2)11-18(16-30(24)31-20-5-3-4-17(10-20)12-25)15-29-9-8-22-23(29)7-6-21(28-22)19-13-26-27-14-19/h3-10,13-14,18H,11,15-16H2,1-2H3,(H,26,27). The Balaban J connectivity index is 1.32. The first-order chi connectivity index (χ1) is 15.0. The largest absolute Gasteiger partial charge is 0.405 e. The first kappa shape index (κ1) is 19.3. The summed E-state index contributed by atoms with van der Waals surface area (Å²) in [5, 5.41) is 18.0. The van der Waals surface area contributed by atoms with Crippen molar-refractivity contribution in [2.24, 2.45) is 5.92 Å². The molecule has 1 aliphatic heterocycles. The number of benzene rings is 1. The molecule has 4 heterocycles. The van der Waals surface area contributed by atoms with Gasteiger partial charge >= 0.3 is 0 Å². The number of aromatic amines is 1. The zero-order chi connectivity index (χ0) is 21.4. The summed E-state index contributed by atoms with van der Waals surface area (Å²) in [6.07, 6.45) is 6.77. The number of rotatable bonds is 5. The zero-order valence-corrected chi connectivity index (χ0v) is 17.6. The molecule has 31 heavy (non-hydrogen) atoms. The minimum Gasteiger partial charge on any atom is -0.405 e. The van der Waals surface area contributed by atoms with Crippen LogP contribution in [0, 0.1) is 17.2 Å². The second-order valence-corrected chi connectivity index (χ2v) is 8.73. The van der Waals surface area contributed by atoms with Crippen LogP contribution in [-0.4, -0.2) is 36.9 Å². The highest BCUT2D eigenvalue weighted by atomic mass is 16.7. The van der Waals surface area contributed by atoms with Crippen molar-refractivity contribution in [3.63, 3.8) is 0 Å². The third-order valence-electron chi connectivity index (χ3n) is 5.94. The molecule has 1 N–H and O–H groups in total. The minimum atomic E-state index is -0.0943. The van der Waals surface area contributed by atoms with Crippen LogP contribution in [0.1, 0.15) is 25.8 Å². The molecule has 0 aliphatic carbocycles. The van der Waals surface area contributed by atoms with Crippen molar-refractivity contribution >= 4 is 11.0 Å². The molecule has 1 fully saturated rings. The van der Waals surface area contributed by atoms with Crippen molar-refractivity contribution in [1.82, 2.24) is 24.8 Å². The molecule has 1 atom stereocenters. The van der Waals surface area contributed by atoms with Gasteiger partial charge in [-0.25, -0.2) is 4.98 Å². The van der Waals surface area contributed by atoms with E-state index in [1.54, 1.807) is 18.3 Å². The number of nitriles is 1. The Kier molecular flexibility index (Phi) is 4.72. The Labute approximate surface area is 180 Å². The van der Waals surface area contributed by atoms with E-state index in [-0.39, 0.29) is 5.54 Å². The molecule has 7 heteroatoms. The molecule has 1 saturated heterocycles. The molecular formula is C24H24N6O. The number of hydrogen-bond acceptors (Lipinski definition) is 5. The predicted octanol–water partition coefficient (Wildman–Crippen LogP) is 4.39. The topological polar surface area (TPSA) is 82.8 Å². The van der Waals surface area contributed by atoms with E-state index in [9.17, 15) is 0 Å². The summed E-state index contributed by atoms with van der Waals surface area (Å²) >= 11 is 0. The predicted molar refractivity (Wildman–Crippen MR) is 118 cm³/mol. The maximum absolute atomic E-state index is 9.14. The summed E-state index contributed by atoms with van der Waals surface area (Å²) in [6.45, 7) is 6.13. The van der Waals surface area contributed by atoms with Crippen LogP contribution in [-0.2, 0) is 6.54 Å². The summed E-state index contributed by atoms with van der Waals surface area (Å²) in [5.41, 5.74) is 4.53. The van der Waals surface area contributed by atoms with E-state index >= 15 is 0 Å². The van der Waals surface area contributed by atoms with Gasteiger partial charge in [0, 0.05) is 37.1 Å². The average molecular weight is 412 g/mol. The lowest BCUT2D eigenvalue weighted by molar-refractivity contribution is -0.106. The number of nitrogens with one attached hydrogen (secondary N) is 1. The van der Waals surface area contributed by atoms with Crippen LogP contribution in [0.25, 0.3) is 22.3 Å². The summed E-state index contributed by atoms with van der Waals surface area (Å²) in [6, 6.07) is 15.7. The van der Waals surface area contributed by atoms with Gasteiger partial charge in [-0.15, -0.1) is 5.06 Å². The van der Waals surface area contributed by atoms with Crippen LogP contribution in [0.2, 0.25) is 0 Å². The molecule has 3 aromatic heterocycles. The van der Waals surface area contributed by atoms with Crippen molar-refractivity contribution < 1.29 is 4.84 Å². The molecule has 0 spiro atoms. The molecular weight excluding hydrogens is 388 g/mol. The minimum absolute atomic E-state index is 0.0943. The van der Waals surface area contributed by atoms with Gasteiger partial charge < -0.3 is 9.40 Å². The SMILES string of the molecule is CC1(C)CC(Cn2ccc3nc(-c4cn[nH]c4)ccc32)CN1Oc1cccc(C#N)c1. The molecule has 0 bridgehead atoms. The van der Waals surface area contributed by atoms with Gasteiger partial charge in [-0.2, -0.15) is 10.4 Å². The van der Waals surface area contributed by atoms with Crippen LogP contribution < -0.4 is 4.84 Å². The van der Waals surface area contributed by atoms with Crippen molar-refractivity contribution in [2.75, 3.05) is 6.54 Å². The number of pyridine rings is 1. The summed E-state index contributed by atoms with van der Waals surface area (Å²) < 4.78 is 2.28. The maximum Gasteiger partial charge on any atom is 0.148 e. The third kappa shape index (κ3) is 3.78. The Morgan fingerprint density at radius 2 is 2.16 bits per heavy atom. The summed E-state index contributed by atoms with van der Waals surface area (Å²) in [5.74, 6) is 1.15. The molecule has 1 aromatic carbocycles. The van der Waals surface area contributed by atoms with Gasteiger partial charge in [0.2, 0.25) is 0 Å². The van der Waals surface area contributed by atoms with Crippen LogP contribution in [0.15, 0.2) is 61.1 Å². The van der Waals surface area contributed by atoms with Gasteiger partial charge in [0.1, 0.15) is 5.75 Å². The van der Waals surface area contributed by atoms with E-state index in [1.807, 2.05) is 24.4 Å². The monoisotopic (exact) mass is 412 g/mol. The maximum atomic E-state index is 9.14. The van der Waals surface area contributed by atoms with Crippen LogP contribution in [0.5, 0.6) is 5.75 Å². The summed E-state index contributed by atoms with van der Waals surface area (Å²) in [7, 11) is 0. The lowest BCUT2D eigenvalue weighted by Crippen LogP contribution is -2.40. The lowest BCUT2D eigenvalue weighted by atomic mass is 9.97. The highest BCUT2D eigenvalue weighted by Crippen LogP contribution is 2.35. The number of aromatic nitrogens is 4. The molecule has 5 rings (SSSR count). The fourth-order valence-corrected chi connectivity index (χ4v) is 4.45. The van der Waals surface area contributed by atoms with Gasteiger partial charge in [0.15, 0.2) is 0 Å². The van der Waals surface area contributed by atoms with Gasteiger partial charge in [-0.3, -0.25) is 5.10 Å². The van der Waals surface area contributed by atoms with E-state index < -0.39 is 0 Å². The highest BCUT2D eigenvalue weighted by molar-refractivity contribution is 5.79. The average Bonchev–Trinajstić information content (AvgIpc) is 3.48. The van der Waals surface area contributed by atoms with Crippen molar-refractivity contribution in [2.45, 2.75) is 32.4 Å². The first-order valence-corrected chi connectivity index (χ1v) is 10.4. The first-order valence-electron chi connectivity index (χ1n) is 10.4. The molecule has 1 aliphatic rings. The van der Waals surface area contributed by atoms with Crippen molar-refractivity contribution in [3.05, 3.63) is 66.6 Å². The molecule has 0 amide bonds. The third-order valence-corrected chi connectivity index (χ3v) is 5.94. The second-order valence-electron chi connectivity index (χ2n) is 8.73. The smallest absolute Gasteiger partial charge is 0.148 e. The number of hydroxylamine groups is 2. The van der Waals surface area contributed by atoms with Crippen LogP contribution in [0.3, 0.4) is 0 Å². The molecule has 156 valence electrons. The molecule has 4 aromatic rings. The van der Waals surface area contributed by atoms with Gasteiger partial charge in [-0.1, -0.05) is 6.07 Å². The molecule has 0 radical (unpaired) electrons. The highest BCUT2D eigenvalue weighted by Gasteiger charge is 2.40. The van der Waals surface area contributed by atoms with E-state index in [1.165, 1.54) is 0 Å². The number of fused-ring (bicyclic) bond motifs is 1. The fraction of sp³-hybridized carbons (Fsp3) is 0.292. The Hall–Kier alpha value is -3.63. The Morgan fingerprint density at radius 1 is 1.26 bits per heavy atom. The van der Waals surface area contributed by atoms with Crippen molar-refractivity contribution in [3.8, 4) is 23.1 Å². The van der Waals surface area contributed by atoms with E-state index in [4.69, 9.17) is 15.1 Å². The normalized spacial score (nSPS) is 18.3.